The first-order valence-corrected chi connectivity index (χ1v) is 5.81. The molecule has 0 amide bonds. The molecule has 0 saturated heterocycles. The molecule has 0 aliphatic rings. The number of halogens is 3. The maximum absolute atomic E-state index is 11.2. The molecular weight excluding hydrogens is 330 g/mol. The van der Waals surface area contributed by atoms with Crippen molar-refractivity contribution < 1.29 is 39.9 Å². The molecule has 0 rings (SSSR count). The Morgan fingerprint density at radius 3 is 1.89 bits per heavy atom. The number of ether oxygens (including phenoxy) is 1. The summed E-state index contributed by atoms with van der Waals surface area (Å²) in [5.41, 5.74) is 0. The monoisotopic (exact) mass is 340 g/mol. The number of carboxylic acid groups (broad SMARTS) is 1. The average Bonchev–Trinajstić information content (AvgIpc) is 2.31. The van der Waals surface area contributed by atoms with Crippen molar-refractivity contribution in [3.05, 3.63) is 0 Å². The Balaban J connectivity index is 4.93. The lowest BCUT2D eigenvalue weighted by atomic mass is 10.0. The molecule has 0 aromatic carbocycles. The van der Waals surface area contributed by atoms with E-state index in [0.717, 1.165) is 0 Å². The molecule has 0 aromatic heterocycles. The third-order valence-corrected chi connectivity index (χ3v) is 2.41. The zero-order chi connectivity index (χ0) is 15.4. The molecule has 112 valence electrons. The minimum atomic E-state index is -2.58. The largest absolute Gasteiger partial charge is 0.478 e. The number of hydrogen-bond acceptors (Lipinski definition) is 7. The van der Waals surface area contributed by atoms with Crippen LogP contribution in [0.25, 0.3) is 0 Å². The fraction of sp³-hybridized carbons (Fsp3) is 0.750. The van der Waals surface area contributed by atoms with Crippen LogP contribution in [0.1, 0.15) is 0 Å². The van der Waals surface area contributed by atoms with Gasteiger partial charge in [-0.05, 0) is 0 Å². The van der Waals surface area contributed by atoms with Gasteiger partial charge in [-0.1, -0.05) is 34.8 Å². The van der Waals surface area contributed by atoms with Crippen molar-refractivity contribution in [1.29, 1.82) is 0 Å². The van der Waals surface area contributed by atoms with Gasteiger partial charge in [0, 0.05) is 0 Å². The van der Waals surface area contributed by atoms with Gasteiger partial charge in [0.05, 0.1) is 6.61 Å². The summed E-state index contributed by atoms with van der Waals surface area (Å²) < 4.78 is 1.64. The highest BCUT2D eigenvalue weighted by molar-refractivity contribution is 6.75. The summed E-state index contributed by atoms with van der Waals surface area (Å²) in [6, 6.07) is 0. The number of aliphatic hydroxyl groups is 4. The predicted octanol–water partition coefficient (Wildman–Crippen LogP) is -1.57. The van der Waals surface area contributed by atoms with E-state index in [9.17, 15) is 19.8 Å². The molecular formula is C8H11Cl3O8. The van der Waals surface area contributed by atoms with E-state index in [2.05, 4.69) is 4.74 Å². The van der Waals surface area contributed by atoms with Gasteiger partial charge in [0.2, 0.25) is 6.10 Å². The Kier molecular flexibility index (Phi) is 7.30. The highest BCUT2D eigenvalue weighted by atomic mass is 35.6. The van der Waals surface area contributed by atoms with Crippen molar-refractivity contribution in [3.63, 3.8) is 0 Å². The lowest BCUT2D eigenvalue weighted by molar-refractivity contribution is -0.181. The molecule has 0 radical (unpaired) electrons. The lowest BCUT2D eigenvalue weighted by Gasteiger charge is -2.26. The van der Waals surface area contributed by atoms with E-state index in [0.29, 0.717) is 0 Å². The van der Waals surface area contributed by atoms with Crippen molar-refractivity contribution in [2.45, 2.75) is 28.2 Å². The van der Waals surface area contributed by atoms with Gasteiger partial charge in [-0.15, -0.1) is 0 Å². The second-order valence-corrected chi connectivity index (χ2v) is 5.67. The Labute approximate surface area is 122 Å². The zero-order valence-electron chi connectivity index (χ0n) is 9.11. The maximum atomic E-state index is 11.2. The summed E-state index contributed by atoms with van der Waals surface area (Å²) in [4.78, 5) is 22.0. The topological polar surface area (TPSA) is 145 Å². The molecule has 0 fully saturated rings. The molecule has 0 bridgehead atoms. The number of carbonyl (C=O) groups excluding carboxylic acids is 1. The van der Waals surface area contributed by atoms with Crippen LogP contribution in [0.15, 0.2) is 0 Å². The van der Waals surface area contributed by atoms with E-state index in [1.165, 1.54) is 0 Å². The first kappa shape index (κ1) is 18.7. The van der Waals surface area contributed by atoms with Crippen molar-refractivity contribution in [1.82, 2.24) is 0 Å². The van der Waals surface area contributed by atoms with Gasteiger partial charge >= 0.3 is 11.9 Å². The minimum Gasteiger partial charge on any atom is -0.478 e. The Hall–Kier alpha value is -0.350. The summed E-state index contributed by atoms with van der Waals surface area (Å²) >= 11 is 15.4. The van der Waals surface area contributed by atoms with Crippen LogP contribution in [0.4, 0.5) is 0 Å². The first-order chi connectivity index (χ1) is 8.52. The lowest BCUT2D eigenvalue weighted by Crippen LogP contribution is -2.51. The van der Waals surface area contributed by atoms with E-state index in [4.69, 9.17) is 50.1 Å². The van der Waals surface area contributed by atoms with Crippen LogP contribution in [-0.2, 0) is 14.3 Å². The maximum Gasteiger partial charge on any atom is 0.359 e. The van der Waals surface area contributed by atoms with Crippen LogP contribution in [-0.4, -0.2) is 72.3 Å². The molecule has 0 aliphatic carbocycles. The third-order valence-electron chi connectivity index (χ3n) is 1.95. The Morgan fingerprint density at radius 1 is 1.11 bits per heavy atom. The summed E-state index contributed by atoms with van der Waals surface area (Å²) in [6.07, 6.45) is -8.46. The number of alkyl halides is 3. The van der Waals surface area contributed by atoms with Crippen molar-refractivity contribution in [3.8, 4) is 0 Å². The molecule has 0 aliphatic heterocycles. The smallest absolute Gasteiger partial charge is 0.359 e. The second-order valence-electron chi connectivity index (χ2n) is 3.39. The number of esters is 1. The average molecular weight is 342 g/mol. The SMILES string of the molecule is O=C(O)[C@H](OC(=O)C(Cl)(Cl)Cl)[C@@H](O)[C@H](O)[C@H](O)CO. The van der Waals surface area contributed by atoms with E-state index in [1.54, 1.807) is 0 Å². The van der Waals surface area contributed by atoms with Crippen molar-refractivity contribution in [2.75, 3.05) is 6.61 Å². The van der Waals surface area contributed by atoms with Crippen molar-refractivity contribution in [2.24, 2.45) is 0 Å². The van der Waals surface area contributed by atoms with Crippen LogP contribution in [0.2, 0.25) is 0 Å². The number of carboxylic acids is 1. The van der Waals surface area contributed by atoms with Gasteiger partial charge in [-0.2, -0.15) is 0 Å². The van der Waals surface area contributed by atoms with Gasteiger partial charge < -0.3 is 30.3 Å². The molecule has 19 heavy (non-hydrogen) atoms. The molecule has 5 N–H and O–H groups in total. The third kappa shape index (κ3) is 5.65. The summed E-state index contributed by atoms with van der Waals surface area (Å²) in [5.74, 6) is -3.44. The second kappa shape index (κ2) is 7.44. The summed E-state index contributed by atoms with van der Waals surface area (Å²) in [7, 11) is 0. The quantitative estimate of drug-likeness (QED) is 0.288. The molecule has 0 saturated carbocycles. The van der Waals surface area contributed by atoms with E-state index in [1.807, 2.05) is 0 Å². The van der Waals surface area contributed by atoms with Gasteiger partial charge in [-0.3, -0.25) is 0 Å². The van der Waals surface area contributed by atoms with E-state index >= 15 is 0 Å². The number of hydrogen-bond donors (Lipinski definition) is 5. The van der Waals surface area contributed by atoms with Crippen LogP contribution < -0.4 is 0 Å². The van der Waals surface area contributed by atoms with Crippen LogP contribution in [0.5, 0.6) is 0 Å². The number of aliphatic carboxylic acids is 1. The van der Waals surface area contributed by atoms with Crippen LogP contribution in [0.3, 0.4) is 0 Å². The van der Waals surface area contributed by atoms with Gasteiger partial charge in [0.25, 0.3) is 3.79 Å². The van der Waals surface area contributed by atoms with E-state index in [-0.39, 0.29) is 0 Å². The van der Waals surface area contributed by atoms with Crippen LogP contribution >= 0.6 is 34.8 Å². The van der Waals surface area contributed by atoms with Gasteiger partial charge in [0.1, 0.15) is 18.3 Å². The fourth-order valence-electron chi connectivity index (χ4n) is 0.963. The molecule has 11 heteroatoms. The predicted molar refractivity (Wildman–Crippen MR) is 62.9 cm³/mol. The first-order valence-electron chi connectivity index (χ1n) is 4.68. The highest BCUT2D eigenvalue weighted by Gasteiger charge is 2.42. The fourth-order valence-corrected chi connectivity index (χ4v) is 1.10. The Morgan fingerprint density at radius 2 is 1.58 bits per heavy atom. The molecule has 0 heterocycles. The number of rotatable bonds is 6. The summed E-state index contributed by atoms with van der Waals surface area (Å²) in [6.45, 7) is -0.955. The molecule has 0 aromatic rings. The zero-order valence-corrected chi connectivity index (χ0v) is 11.4. The summed E-state index contributed by atoms with van der Waals surface area (Å²) in [5, 5.41) is 45.1. The molecule has 0 unspecified atom stereocenters. The van der Waals surface area contributed by atoms with Crippen LogP contribution in [0, 0.1) is 0 Å². The number of carbonyl (C=O) groups is 2. The normalized spacial score (nSPS) is 18.3. The van der Waals surface area contributed by atoms with Crippen molar-refractivity contribution >= 4 is 46.7 Å². The Bertz CT molecular complexity index is 330. The molecule has 4 atom stereocenters. The number of aliphatic hydroxyl groups excluding tert-OH is 4. The van der Waals surface area contributed by atoms with Gasteiger partial charge in [-0.25, -0.2) is 9.59 Å². The molecule has 0 spiro atoms. The van der Waals surface area contributed by atoms with E-state index < -0.39 is 46.8 Å². The molecule has 8 nitrogen and oxygen atoms in total. The van der Waals surface area contributed by atoms with Gasteiger partial charge in [0.15, 0.2) is 0 Å². The highest BCUT2D eigenvalue weighted by Crippen LogP contribution is 2.28. The standard InChI is InChI=1S/C8H11Cl3O8/c9-8(10,11)7(18)19-5(6(16)17)4(15)3(14)2(13)1-12/h2-5,12-15H,1H2,(H,16,17)/t2-,3-,4+,5-/m1/s1. The minimum absolute atomic E-state index is 0.955.